The summed E-state index contributed by atoms with van der Waals surface area (Å²) in [5.41, 5.74) is 4.76. The molecule has 2 aromatic carbocycles. The molecule has 0 unspecified atom stereocenters. The fraction of sp³-hybridized carbons (Fsp3) is 0.400. The molecule has 1 aliphatic rings. The van der Waals surface area contributed by atoms with E-state index in [0.29, 0.717) is 17.4 Å². The first-order chi connectivity index (χ1) is 15.8. The quantitative estimate of drug-likeness (QED) is 0.280. The zero-order chi connectivity index (χ0) is 24.0. The van der Waals surface area contributed by atoms with Crippen molar-refractivity contribution in [1.29, 1.82) is 0 Å². The van der Waals surface area contributed by atoms with Crippen LogP contribution in [0.2, 0.25) is 0 Å². The van der Waals surface area contributed by atoms with Crippen LogP contribution in [0.1, 0.15) is 31.4 Å². The second-order valence-electron chi connectivity index (χ2n) is 8.67. The molecular formula is C25H31N3O4S. The van der Waals surface area contributed by atoms with Crippen LogP contribution in [0, 0.1) is 11.8 Å². The van der Waals surface area contributed by atoms with Crippen molar-refractivity contribution in [3.8, 4) is 0 Å². The van der Waals surface area contributed by atoms with E-state index < -0.39 is 12.0 Å². The molecule has 0 aromatic heterocycles. The molecule has 1 fully saturated rings. The Morgan fingerprint density at radius 1 is 1.15 bits per heavy atom. The zero-order valence-electron chi connectivity index (χ0n) is 19.2. The van der Waals surface area contributed by atoms with Gasteiger partial charge >= 0.3 is 0 Å². The number of rotatable bonds is 10. The lowest BCUT2D eigenvalue weighted by atomic mass is 10.0. The number of nitrogens with one attached hydrogen (secondary N) is 2. The molecule has 1 aliphatic heterocycles. The third kappa shape index (κ3) is 6.15. The second-order valence-corrected chi connectivity index (χ2v) is 9.73. The standard InChI is InChI=1S/C25H31N3O4S/c1-16(2)11-18-13-20(27-32)9-10-22(18)33-15-19-14-23(29)28(25(19)31)21(24(30)26-3)12-17-7-5-4-6-8-17/h4-10,13,16,19,21,27,32H,11-12,14-15H2,1-3H3,(H,26,30)/t19-,21-/m0/s1. The fourth-order valence-electron chi connectivity index (χ4n) is 4.06. The van der Waals surface area contributed by atoms with Gasteiger partial charge in [0.05, 0.1) is 11.6 Å². The summed E-state index contributed by atoms with van der Waals surface area (Å²) in [5, 5.41) is 11.8. The minimum atomic E-state index is -0.862. The van der Waals surface area contributed by atoms with E-state index >= 15 is 0 Å². The van der Waals surface area contributed by atoms with Crippen molar-refractivity contribution in [3.05, 3.63) is 59.7 Å². The molecule has 3 rings (SSSR count). The maximum absolute atomic E-state index is 13.2. The van der Waals surface area contributed by atoms with Gasteiger partial charge in [0.25, 0.3) is 0 Å². The highest BCUT2D eigenvalue weighted by atomic mass is 32.2. The molecule has 0 aliphatic carbocycles. The van der Waals surface area contributed by atoms with Crippen LogP contribution in [0.25, 0.3) is 0 Å². The van der Waals surface area contributed by atoms with Crippen LogP contribution in [0.5, 0.6) is 0 Å². The Morgan fingerprint density at radius 3 is 2.52 bits per heavy atom. The maximum atomic E-state index is 13.2. The Balaban J connectivity index is 1.75. The molecule has 3 amide bonds. The molecule has 0 spiro atoms. The van der Waals surface area contributed by atoms with Gasteiger partial charge in [0.2, 0.25) is 17.7 Å². The van der Waals surface area contributed by atoms with Gasteiger partial charge in [-0.05, 0) is 41.7 Å². The maximum Gasteiger partial charge on any atom is 0.243 e. The predicted octanol–water partition coefficient (Wildman–Crippen LogP) is 3.51. The van der Waals surface area contributed by atoms with Crippen molar-refractivity contribution in [2.75, 3.05) is 18.3 Å². The monoisotopic (exact) mass is 469 g/mol. The first-order valence-electron chi connectivity index (χ1n) is 11.1. The first-order valence-corrected chi connectivity index (χ1v) is 12.1. The van der Waals surface area contributed by atoms with Gasteiger partial charge in [-0.15, -0.1) is 11.8 Å². The van der Waals surface area contributed by atoms with Crippen molar-refractivity contribution < 1.29 is 19.6 Å². The highest BCUT2D eigenvalue weighted by molar-refractivity contribution is 7.99. The average Bonchev–Trinajstić information content (AvgIpc) is 3.09. The van der Waals surface area contributed by atoms with Gasteiger partial charge in [0.1, 0.15) is 6.04 Å². The number of nitrogens with zero attached hydrogens (tertiary/aromatic N) is 1. The normalized spacial score (nSPS) is 16.9. The second kappa shape index (κ2) is 11.3. The van der Waals surface area contributed by atoms with Gasteiger partial charge in [-0.1, -0.05) is 44.2 Å². The summed E-state index contributed by atoms with van der Waals surface area (Å²) < 4.78 is 0. The highest BCUT2D eigenvalue weighted by Gasteiger charge is 2.44. The van der Waals surface area contributed by atoms with Crippen molar-refractivity contribution in [2.24, 2.45) is 11.8 Å². The molecule has 7 nitrogen and oxygen atoms in total. The summed E-state index contributed by atoms with van der Waals surface area (Å²) in [6.45, 7) is 4.24. The van der Waals surface area contributed by atoms with E-state index in [2.05, 4.69) is 24.6 Å². The van der Waals surface area contributed by atoms with Gasteiger partial charge in [-0.3, -0.25) is 30.0 Å². The molecule has 3 N–H and O–H groups in total. The number of anilines is 1. The number of likely N-dealkylation sites (N-methyl/N-ethyl adjacent to an activating group) is 1. The third-order valence-electron chi connectivity index (χ3n) is 5.67. The topological polar surface area (TPSA) is 98.7 Å². The third-order valence-corrected chi connectivity index (χ3v) is 6.95. The van der Waals surface area contributed by atoms with E-state index in [-0.39, 0.29) is 30.6 Å². The number of hydrogen-bond acceptors (Lipinski definition) is 6. The molecule has 1 saturated heterocycles. The van der Waals surface area contributed by atoms with E-state index in [9.17, 15) is 19.6 Å². The number of carbonyl (C=O) groups excluding carboxylic acids is 3. The summed E-state index contributed by atoms with van der Waals surface area (Å²) in [4.78, 5) is 40.8. The van der Waals surface area contributed by atoms with Crippen LogP contribution in [0.4, 0.5) is 5.69 Å². The molecule has 2 aromatic rings. The van der Waals surface area contributed by atoms with Gasteiger partial charge < -0.3 is 5.32 Å². The van der Waals surface area contributed by atoms with Crippen molar-refractivity contribution in [3.63, 3.8) is 0 Å². The van der Waals surface area contributed by atoms with Crippen molar-refractivity contribution >= 4 is 35.2 Å². The van der Waals surface area contributed by atoms with Crippen LogP contribution >= 0.6 is 11.8 Å². The predicted molar refractivity (Wildman–Crippen MR) is 129 cm³/mol. The van der Waals surface area contributed by atoms with Crippen LogP contribution < -0.4 is 10.8 Å². The lowest BCUT2D eigenvalue weighted by Crippen LogP contribution is -2.50. The zero-order valence-corrected chi connectivity index (χ0v) is 20.0. The fourth-order valence-corrected chi connectivity index (χ4v) is 5.19. The molecule has 0 bridgehead atoms. The molecular weight excluding hydrogens is 438 g/mol. The Labute approximate surface area is 198 Å². The lowest BCUT2D eigenvalue weighted by Gasteiger charge is -2.25. The number of imide groups is 1. The van der Waals surface area contributed by atoms with Gasteiger partial charge in [-0.2, -0.15) is 0 Å². The number of carbonyl (C=O) groups is 3. The minimum Gasteiger partial charge on any atom is -0.357 e. The Kier molecular flexibility index (Phi) is 8.52. The van der Waals surface area contributed by atoms with Crippen LogP contribution in [-0.2, 0) is 27.2 Å². The number of thioether (sulfide) groups is 1. The number of amides is 3. The van der Waals surface area contributed by atoms with Gasteiger partial charge in [0, 0.05) is 30.5 Å². The highest BCUT2D eigenvalue weighted by Crippen LogP contribution is 2.33. The average molecular weight is 470 g/mol. The summed E-state index contributed by atoms with van der Waals surface area (Å²) in [6, 6.07) is 14.1. The van der Waals surface area contributed by atoms with E-state index in [1.165, 1.54) is 18.8 Å². The number of hydrogen-bond donors (Lipinski definition) is 3. The lowest BCUT2D eigenvalue weighted by molar-refractivity contribution is -0.147. The van der Waals surface area contributed by atoms with E-state index in [1.54, 1.807) is 6.07 Å². The van der Waals surface area contributed by atoms with Crippen LogP contribution in [-0.4, -0.2) is 46.7 Å². The molecule has 2 atom stereocenters. The molecule has 8 heteroatoms. The molecule has 0 saturated carbocycles. The molecule has 176 valence electrons. The summed E-state index contributed by atoms with van der Waals surface area (Å²) >= 11 is 1.53. The van der Waals surface area contributed by atoms with Gasteiger partial charge in [-0.25, -0.2) is 0 Å². The minimum absolute atomic E-state index is 0.101. The summed E-state index contributed by atoms with van der Waals surface area (Å²) in [5.74, 6) is -0.555. The summed E-state index contributed by atoms with van der Waals surface area (Å²) in [7, 11) is 1.51. The molecule has 33 heavy (non-hydrogen) atoms. The first kappa shape index (κ1) is 24.8. The van der Waals surface area contributed by atoms with Crippen LogP contribution in [0.15, 0.2) is 53.4 Å². The van der Waals surface area contributed by atoms with Crippen molar-refractivity contribution in [2.45, 2.75) is 44.0 Å². The summed E-state index contributed by atoms with van der Waals surface area (Å²) in [6.07, 6.45) is 1.22. The molecule has 0 radical (unpaired) electrons. The smallest absolute Gasteiger partial charge is 0.243 e. The number of likely N-dealkylation sites (tertiary alicyclic amines) is 1. The number of benzene rings is 2. The van der Waals surface area contributed by atoms with E-state index in [0.717, 1.165) is 27.3 Å². The Morgan fingerprint density at radius 2 is 1.88 bits per heavy atom. The van der Waals surface area contributed by atoms with E-state index in [4.69, 9.17) is 0 Å². The Hall–Kier alpha value is -2.84. The molecule has 1 heterocycles. The SMILES string of the molecule is CNC(=O)[C@H](Cc1ccccc1)N1C(=O)C[C@@H](CSc2ccc(NO)cc2CC(C)C)C1=O. The van der Waals surface area contributed by atoms with Crippen LogP contribution in [0.3, 0.4) is 0 Å². The van der Waals surface area contributed by atoms with Crippen molar-refractivity contribution in [1.82, 2.24) is 10.2 Å². The van der Waals surface area contributed by atoms with E-state index in [1.807, 2.05) is 42.5 Å². The largest absolute Gasteiger partial charge is 0.357 e. The van der Waals surface area contributed by atoms with Gasteiger partial charge in [0.15, 0.2) is 0 Å². The Bertz CT molecular complexity index is 996.